The van der Waals surface area contributed by atoms with Gasteiger partial charge in [-0.15, -0.1) is 0 Å². The molecule has 158 valence electrons. The van der Waals surface area contributed by atoms with Crippen molar-refractivity contribution in [2.24, 2.45) is 0 Å². The number of carbonyl (C=O) groups excluding carboxylic acids is 1. The molecule has 0 saturated carbocycles. The zero-order chi connectivity index (χ0) is 21.6. The van der Waals surface area contributed by atoms with Crippen molar-refractivity contribution >= 4 is 27.3 Å². The number of hydrogen-bond acceptors (Lipinski definition) is 6. The molecular weight excluding hydrogens is 396 g/mol. The second-order valence-electron chi connectivity index (χ2n) is 6.55. The summed E-state index contributed by atoms with van der Waals surface area (Å²) in [4.78, 5) is 12.5. The van der Waals surface area contributed by atoms with E-state index in [1.165, 1.54) is 20.3 Å². The molecule has 8 nitrogen and oxygen atoms in total. The van der Waals surface area contributed by atoms with E-state index in [-0.39, 0.29) is 11.8 Å². The van der Waals surface area contributed by atoms with Crippen molar-refractivity contribution in [3.8, 4) is 17.2 Å². The maximum absolute atomic E-state index is 12.5. The number of nitrogens with one attached hydrogen (secondary N) is 1. The van der Waals surface area contributed by atoms with Gasteiger partial charge in [0.1, 0.15) is 12.3 Å². The molecule has 0 saturated heterocycles. The third-order valence-corrected chi connectivity index (χ3v) is 4.97. The molecule has 0 fully saturated rings. The molecule has 2 aromatic rings. The standard InChI is InChI=1S/C20H26N2O6S/c1-14(2)28-17-8-6-7-15(11-17)21-20(23)13-22(29(5,24)25)16-9-10-18(26-3)19(12-16)27-4/h6-12,14H,13H2,1-5H3,(H,21,23). The first-order valence-electron chi connectivity index (χ1n) is 8.90. The van der Waals surface area contributed by atoms with Gasteiger partial charge in [0.15, 0.2) is 11.5 Å². The van der Waals surface area contributed by atoms with Gasteiger partial charge in [0, 0.05) is 17.8 Å². The lowest BCUT2D eigenvalue weighted by Crippen LogP contribution is -2.37. The Kier molecular flexibility index (Phi) is 7.33. The van der Waals surface area contributed by atoms with E-state index in [4.69, 9.17) is 14.2 Å². The Balaban J connectivity index is 2.22. The smallest absolute Gasteiger partial charge is 0.245 e. The van der Waals surface area contributed by atoms with Crippen molar-refractivity contribution in [2.45, 2.75) is 20.0 Å². The summed E-state index contributed by atoms with van der Waals surface area (Å²) in [6.45, 7) is 3.40. The number of methoxy groups -OCH3 is 2. The molecular formula is C20H26N2O6S. The molecule has 0 spiro atoms. The van der Waals surface area contributed by atoms with Gasteiger partial charge in [-0.05, 0) is 38.1 Å². The van der Waals surface area contributed by atoms with Gasteiger partial charge in [0.25, 0.3) is 0 Å². The van der Waals surface area contributed by atoms with Gasteiger partial charge in [-0.2, -0.15) is 0 Å². The maximum atomic E-state index is 12.5. The number of hydrogen-bond donors (Lipinski definition) is 1. The van der Waals surface area contributed by atoms with Crippen molar-refractivity contribution in [2.75, 3.05) is 36.6 Å². The van der Waals surface area contributed by atoms with Crippen LogP contribution in [0.15, 0.2) is 42.5 Å². The highest BCUT2D eigenvalue weighted by Crippen LogP contribution is 2.32. The third-order valence-electron chi connectivity index (χ3n) is 3.83. The topological polar surface area (TPSA) is 94.2 Å². The van der Waals surface area contributed by atoms with E-state index in [0.717, 1.165) is 10.6 Å². The molecule has 0 atom stereocenters. The number of ether oxygens (including phenoxy) is 3. The predicted molar refractivity (Wildman–Crippen MR) is 113 cm³/mol. The van der Waals surface area contributed by atoms with Crippen LogP contribution in [0.2, 0.25) is 0 Å². The number of amides is 1. The molecule has 2 rings (SSSR count). The number of anilines is 2. The Morgan fingerprint density at radius 2 is 1.76 bits per heavy atom. The van der Waals surface area contributed by atoms with Crippen molar-refractivity contribution < 1.29 is 27.4 Å². The average molecular weight is 423 g/mol. The fraction of sp³-hybridized carbons (Fsp3) is 0.350. The molecule has 0 unspecified atom stereocenters. The van der Waals surface area contributed by atoms with Crippen molar-refractivity contribution in [1.29, 1.82) is 0 Å². The third kappa shape index (κ3) is 6.28. The Morgan fingerprint density at radius 1 is 1.07 bits per heavy atom. The molecule has 0 aromatic heterocycles. The molecule has 1 amide bonds. The summed E-state index contributed by atoms with van der Waals surface area (Å²) in [6, 6.07) is 11.5. The van der Waals surface area contributed by atoms with E-state index >= 15 is 0 Å². The zero-order valence-corrected chi connectivity index (χ0v) is 17.9. The lowest BCUT2D eigenvalue weighted by Gasteiger charge is -2.23. The summed E-state index contributed by atoms with van der Waals surface area (Å²) in [5.41, 5.74) is 0.797. The van der Waals surface area contributed by atoms with E-state index < -0.39 is 22.5 Å². The van der Waals surface area contributed by atoms with Crippen LogP contribution in [0.1, 0.15) is 13.8 Å². The fourth-order valence-electron chi connectivity index (χ4n) is 2.63. The van der Waals surface area contributed by atoms with Crippen LogP contribution >= 0.6 is 0 Å². The second kappa shape index (κ2) is 9.51. The SMILES string of the molecule is COc1ccc(N(CC(=O)Nc2cccc(OC(C)C)c2)S(C)(=O)=O)cc1OC. The molecule has 9 heteroatoms. The van der Waals surface area contributed by atoms with Crippen LogP contribution in [-0.4, -0.2) is 47.4 Å². The molecule has 29 heavy (non-hydrogen) atoms. The zero-order valence-electron chi connectivity index (χ0n) is 17.1. The van der Waals surface area contributed by atoms with Crippen LogP contribution in [0.25, 0.3) is 0 Å². The Bertz CT molecular complexity index is 959. The highest BCUT2D eigenvalue weighted by molar-refractivity contribution is 7.92. The summed E-state index contributed by atoms with van der Waals surface area (Å²) in [7, 11) is -0.790. The highest BCUT2D eigenvalue weighted by atomic mass is 32.2. The molecule has 0 radical (unpaired) electrons. The van der Waals surface area contributed by atoms with Crippen molar-refractivity contribution in [3.63, 3.8) is 0 Å². The van der Waals surface area contributed by atoms with Crippen LogP contribution in [0, 0.1) is 0 Å². The molecule has 0 heterocycles. The average Bonchev–Trinajstić information content (AvgIpc) is 2.64. The van der Waals surface area contributed by atoms with Crippen LogP contribution in [-0.2, 0) is 14.8 Å². The number of nitrogens with zero attached hydrogens (tertiary/aromatic N) is 1. The molecule has 1 N–H and O–H groups in total. The van der Waals surface area contributed by atoms with Gasteiger partial charge in [-0.3, -0.25) is 9.10 Å². The van der Waals surface area contributed by atoms with E-state index in [1.807, 2.05) is 13.8 Å². The number of sulfonamides is 1. The minimum atomic E-state index is -3.72. The molecule has 0 aliphatic heterocycles. The number of rotatable bonds is 9. The van der Waals surface area contributed by atoms with Crippen molar-refractivity contribution in [3.05, 3.63) is 42.5 Å². The summed E-state index contributed by atoms with van der Waals surface area (Å²) in [6.07, 6.45) is 1.03. The van der Waals surface area contributed by atoms with E-state index in [2.05, 4.69) is 5.32 Å². The van der Waals surface area contributed by atoms with Crippen LogP contribution in [0.5, 0.6) is 17.2 Å². The Labute approximate surface area is 171 Å². The Hall–Kier alpha value is -2.94. The van der Waals surface area contributed by atoms with Crippen LogP contribution in [0.4, 0.5) is 11.4 Å². The lowest BCUT2D eigenvalue weighted by molar-refractivity contribution is -0.114. The van der Waals surface area contributed by atoms with E-state index in [9.17, 15) is 13.2 Å². The number of carbonyl (C=O) groups is 1. The minimum absolute atomic E-state index is 0.00766. The largest absolute Gasteiger partial charge is 0.493 e. The lowest BCUT2D eigenvalue weighted by atomic mass is 10.2. The summed E-state index contributed by atoms with van der Waals surface area (Å²) in [5, 5.41) is 2.70. The quantitative estimate of drug-likeness (QED) is 0.668. The van der Waals surface area contributed by atoms with Gasteiger partial charge in [-0.1, -0.05) is 6.07 Å². The highest BCUT2D eigenvalue weighted by Gasteiger charge is 2.22. The van der Waals surface area contributed by atoms with Gasteiger partial charge in [-0.25, -0.2) is 8.42 Å². The van der Waals surface area contributed by atoms with Gasteiger partial charge < -0.3 is 19.5 Å². The first-order chi connectivity index (χ1) is 13.6. The molecule has 0 bridgehead atoms. The van der Waals surface area contributed by atoms with E-state index in [0.29, 0.717) is 22.9 Å². The van der Waals surface area contributed by atoms with Gasteiger partial charge in [0.2, 0.25) is 15.9 Å². The summed E-state index contributed by atoms with van der Waals surface area (Å²) >= 11 is 0. The van der Waals surface area contributed by atoms with E-state index in [1.54, 1.807) is 36.4 Å². The fourth-order valence-corrected chi connectivity index (χ4v) is 3.48. The van der Waals surface area contributed by atoms with Crippen LogP contribution < -0.4 is 23.8 Å². The first-order valence-corrected chi connectivity index (χ1v) is 10.7. The first kappa shape index (κ1) is 22.4. The normalized spacial score (nSPS) is 11.1. The second-order valence-corrected chi connectivity index (χ2v) is 8.46. The van der Waals surface area contributed by atoms with Gasteiger partial charge in [0.05, 0.1) is 32.3 Å². The maximum Gasteiger partial charge on any atom is 0.245 e. The molecule has 0 aliphatic rings. The Morgan fingerprint density at radius 3 is 2.34 bits per heavy atom. The minimum Gasteiger partial charge on any atom is -0.493 e. The van der Waals surface area contributed by atoms with Crippen LogP contribution in [0.3, 0.4) is 0 Å². The van der Waals surface area contributed by atoms with Gasteiger partial charge >= 0.3 is 0 Å². The van der Waals surface area contributed by atoms with Crippen molar-refractivity contribution in [1.82, 2.24) is 0 Å². The summed E-state index contributed by atoms with van der Waals surface area (Å²) < 4.78 is 41.6. The summed E-state index contributed by atoms with van der Waals surface area (Å²) in [5.74, 6) is 0.929. The molecule has 2 aromatic carbocycles. The number of benzene rings is 2. The molecule has 0 aliphatic carbocycles. The monoisotopic (exact) mass is 422 g/mol. The predicted octanol–water partition coefficient (Wildman–Crippen LogP) is 2.90.